The van der Waals surface area contributed by atoms with Gasteiger partial charge in [-0.2, -0.15) is 5.48 Å². The van der Waals surface area contributed by atoms with E-state index in [1.54, 1.807) is 7.05 Å². The number of allylic oxidation sites excluding steroid dienone is 1. The van der Waals surface area contributed by atoms with Crippen molar-refractivity contribution in [2.24, 2.45) is 0 Å². The van der Waals surface area contributed by atoms with E-state index < -0.39 is 0 Å². The Kier molecular flexibility index (Phi) is 7.06. The molecule has 4 nitrogen and oxygen atoms in total. The van der Waals surface area contributed by atoms with Gasteiger partial charge >= 0.3 is 5.97 Å². The summed E-state index contributed by atoms with van der Waals surface area (Å²) in [4.78, 5) is 18.1. The molecule has 0 aliphatic heterocycles. The van der Waals surface area contributed by atoms with Gasteiger partial charge < -0.3 is 9.74 Å². The lowest BCUT2D eigenvalue weighted by atomic mass is 10.1. The maximum Gasteiger partial charge on any atom is 0.352 e. The van der Waals surface area contributed by atoms with Crippen molar-refractivity contribution in [2.45, 2.75) is 19.8 Å². The van der Waals surface area contributed by atoms with Gasteiger partial charge in [-0.1, -0.05) is 13.0 Å². The second-order valence-corrected chi connectivity index (χ2v) is 3.28. The molecule has 0 rings (SSSR count). The Morgan fingerprint density at radius 1 is 1.50 bits per heavy atom. The average Bonchev–Trinajstić information content (AvgIpc) is 2.12. The summed E-state index contributed by atoms with van der Waals surface area (Å²) in [5.41, 5.74) is 3.12. The third-order valence-corrected chi connectivity index (χ3v) is 1.74. The fourth-order valence-corrected chi connectivity index (χ4v) is 1.04. The summed E-state index contributed by atoms with van der Waals surface area (Å²) in [6, 6.07) is 0. The summed E-state index contributed by atoms with van der Waals surface area (Å²) in [6.07, 6.45) is 3.48. The first-order valence-electron chi connectivity index (χ1n) is 4.83. The zero-order chi connectivity index (χ0) is 11.0. The minimum Gasteiger partial charge on any atom is -0.367 e. The molecule has 14 heavy (non-hydrogen) atoms. The molecule has 0 heterocycles. The van der Waals surface area contributed by atoms with E-state index >= 15 is 0 Å². The standard InChI is InChI=1S/C10H20N2O2/c1-5-6-9(7-8-12(3)4)10(13)14-11-2/h6,11H,5,7-8H2,1-4H3. The van der Waals surface area contributed by atoms with Crippen LogP contribution >= 0.6 is 0 Å². The van der Waals surface area contributed by atoms with Gasteiger partial charge in [-0.15, -0.1) is 0 Å². The summed E-state index contributed by atoms with van der Waals surface area (Å²) >= 11 is 0. The second-order valence-electron chi connectivity index (χ2n) is 3.28. The molecule has 0 atom stereocenters. The van der Waals surface area contributed by atoms with Crippen LogP contribution in [0.3, 0.4) is 0 Å². The van der Waals surface area contributed by atoms with Gasteiger partial charge in [-0.05, 0) is 26.9 Å². The summed E-state index contributed by atoms with van der Waals surface area (Å²) in [6.45, 7) is 2.85. The second kappa shape index (κ2) is 7.53. The van der Waals surface area contributed by atoms with Gasteiger partial charge in [0.1, 0.15) is 0 Å². The molecule has 0 saturated heterocycles. The Hall–Kier alpha value is -0.870. The molecular formula is C10H20N2O2. The summed E-state index contributed by atoms with van der Waals surface area (Å²) < 4.78 is 0. The topological polar surface area (TPSA) is 41.6 Å². The van der Waals surface area contributed by atoms with E-state index in [0.29, 0.717) is 0 Å². The van der Waals surface area contributed by atoms with Crippen molar-refractivity contribution < 1.29 is 9.63 Å². The van der Waals surface area contributed by atoms with E-state index in [9.17, 15) is 4.79 Å². The number of nitrogens with one attached hydrogen (secondary N) is 1. The highest BCUT2D eigenvalue weighted by atomic mass is 16.7. The van der Waals surface area contributed by atoms with Crippen LogP contribution < -0.4 is 5.48 Å². The highest BCUT2D eigenvalue weighted by Crippen LogP contribution is 2.05. The van der Waals surface area contributed by atoms with E-state index in [4.69, 9.17) is 4.84 Å². The predicted octanol–water partition coefficient (Wildman–Crippen LogP) is 0.952. The fourth-order valence-electron chi connectivity index (χ4n) is 1.04. The Morgan fingerprint density at radius 3 is 2.57 bits per heavy atom. The van der Waals surface area contributed by atoms with Crippen LogP contribution in [0.1, 0.15) is 19.8 Å². The molecule has 0 aliphatic carbocycles. The molecule has 0 spiro atoms. The van der Waals surface area contributed by atoms with Gasteiger partial charge in [-0.3, -0.25) is 0 Å². The molecule has 0 bridgehead atoms. The summed E-state index contributed by atoms with van der Waals surface area (Å²) in [5.74, 6) is -0.281. The van der Waals surface area contributed by atoms with Crippen molar-refractivity contribution in [3.05, 3.63) is 11.6 Å². The van der Waals surface area contributed by atoms with Crippen molar-refractivity contribution in [3.63, 3.8) is 0 Å². The zero-order valence-corrected chi connectivity index (χ0v) is 9.46. The van der Waals surface area contributed by atoms with Gasteiger partial charge in [0, 0.05) is 19.2 Å². The van der Waals surface area contributed by atoms with Crippen LogP contribution in [-0.2, 0) is 9.63 Å². The van der Waals surface area contributed by atoms with E-state index in [0.717, 1.165) is 25.0 Å². The Bertz CT molecular complexity index is 200. The molecule has 0 aromatic heterocycles. The van der Waals surface area contributed by atoms with Crippen molar-refractivity contribution in [1.29, 1.82) is 0 Å². The van der Waals surface area contributed by atoms with Crippen molar-refractivity contribution in [2.75, 3.05) is 27.7 Å². The molecule has 4 heteroatoms. The zero-order valence-electron chi connectivity index (χ0n) is 9.46. The van der Waals surface area contributed by atoms with Crippen LogP contribution in [0.25, 0.3) is 0 Å². The minimum atomic E-state index is -0.281. The molecule has 1 N–H and O–H groups in total. The lowest BCUT2D eigenvalue weighted by molar-refractivity contribution is -0.145. The van der Waals surface area contributed by atoms with Crippen LogP contribution in [-0.4, -0.2) is 38.6 Å². The number of carbonyl (C=O) groups is 1. The number of hydrogen-bond acceptors (Lipinski definition) is 4. The third-order valence-electron chi connectivity index (χ3n) is 1.74. The molecule has 0 saturated carbocycles. The quantitative estimate of drug-likeness (QED) is 0.512. The van der Waals surface area contributed by atoms with Crippen LogP contribution in [0.2, 0.25) is 0 Å². The van der Waals surface area contributed by atoms with Crippen LogP contribution in [0, 0.1) is 0 Å². The number of hydrogen-bond donors (Lipinski definition) is 1. The normalized spacial score (nSPS) is 11.9. The largest absolute Gasteiger partial charge is 0.367 e. The van der Waals surface area contributed by atoms with Gasteiger partial charge in [-0.25, -0.2) is 4.79 Å². The van der Waals surface area contributed by atoms with Gasteiger partial charge in [0.05, 0.1) is 0 Å². The van der Waals surface area contributed by atoms with Crippen molar-refractivity contribution in [3.8, 4) is 0 Å². The van der Waals surface area contributed by atoms with Crippen LogP contribution in [0.5, 0.6) is 0 Å². The van der Waals surface area contributed by atoms with Gasteiger partial charge in [0.15, 0.2) is 0 Å². The number of carbonyl (C=O) groups excluding carboxylic acids is 1. The first kappa shape index (κ1) is 13.1. The first-order chi connectivity index (χ1) is 6.61. The monoisotopic (exact) mass is 200 g/mol. The molecular weight excluding hydrogens is 180 g/mol. The van der Waals surface area contributed by atoms with Crippen LogP contribution in [0.15, 0.2) is 11.6 Å². The molecule has 0 aromatic rings. The van der Waals surface area contributed by atoms with E-state index in [1.165, 1.54) is 0 Å². The Morgan fingerprint density at radius 2 is 2.14 bits per heavy atom. The molecule has 0 unspecified atom stereocenters. The van der Waals surface area contributed by atoms with Gasteiger partial charge in [0.25, 0.3) is 0 Å². The van der Waals surface area contributed by atoms with Gasteiger partial charge in [0.2, 0.25) is 0 Å². The first-order valence-corrected chi connectivity index (χ1v) is 4.83. The number of rotatable bonds is 6. The lowest BCUT2D eigenvalue weighted by Gasteiger charge is -2.11. The summed E-state index contributed by atoms with van der Waals surface area (Å²) in [7, 11) is 5.54. The van der Waals surface area contributed by atoms with E-state index in [-0.39, 0.29) is 5.97 Å². The average molecular weight is 200 g/mol. The maximum atomic E-state index is 11.4. The fraction of sp³-hybridized carbons (Fsp3) is 0.700. The molecule has 82 valence electrons. The molecule has 0 radical (unpaired) electrons. The SMILES string of the molecule is CCC=C(CCN(C)C)C(=O)ONC. The maximum absolute atomic E-state index is 11.4. The third kappa shape index (κ3) is 5.72. The Balaban J connectivity index is 4.15. The lowest BCUT2D eigenvalue weighted by Crippen LogP contribution is -2.20. The van der Waals surface area contributed by atoms with Crippen molar-refractivity contribution >= 4 is 5.97 Å². The molecule has 0 aromatic carbocycles. The molecule has 0 aliphatic rings. The van der Waals surface area contributed by atoms with E-state index in [1.807, 2.05) is 32.0 Å². The Labute approximate surface area is 85.9 Å². The highest BCUT2D eigenvalue weighted by Gasteiger charge is 2.10. The van der Waals surface area contributed by atoms with Crippen LogP contribution in [0.4, 0.5) is 0 Å². The molecule has 0 fully saturated rings. The van der Waals surface area contributed by atoms with Crippen molar-refractivity contribution in [1.82, 2.24) is 10.4 Å². The number of nitrogens with zero attached hydrogens (tertiary/aromatic N) is 1. The summed E-state index contributed by atoms with van der Waals surface area (Å²) in [5, 5.41) is 0. The predicted molar refractivity (Wildman–Crippen MR) is 56.7 cm³/mol. The smallest absolute Gasteiger partial charge is 0.352 e. The molecule has 0 amide bonds. The minimum absolute atomic E-state index is 0.281. The van der Waals surface area contributed by atoms with E-state index in [2.05, 4.69) is 5.48 Å². The highest BCUT2D eigenvalue weighted by molar-refractivity contribution is 5.88. The number of hydroxylamine groups is 1.